The Morgan fingerprint density at radius 1 is 1.00 bits per heavy atom. The van der Waals surface area contributed by atoms with E-state index in [0.29, 0.717) is 5.82 Å². The minimum absolute atomic E-state index is 0.662. The zero-order valence-corrected chi connectivity index (χ0v) is 8.64. The molecular formula is C12H14N3+. The quantitative estimate of drug-likeness (QED) is 0.804. The zero-order chi connectivity index (χ0) is 10.7. The van der Waals surface area contributed by atoms with Gasteiger partial charge in [-0.05, 0) is 18.2 Å². The van der Waals surface area contributed by atoms with Crippen LogP contribution in [0.1, 0.15) is 0 Å². The number of anilines is 3. The maximum absolute atomic E-state index is 5.69. The Balaban J connectivity index is 2.32. The third-order valence-corrected chi connectivity index (χ3v) is 2.31. The van der Waals surface area contributed by atoms with Crippen molar-refractivity contribution in [2.45, 2.75) is 0 Å². The second-order valence-electron chi connectivity index (χ2n) is 3.39. The summed E-state index contributed by atoms with van der Waals surface area (Å²) in [6.07, 6.45) is 0. The predicted octanol–water partition coefficient (Wildman–Crippen LogP) is 1.85. The van der Waals surface area contributed by atoms with Crippen LogP contribution in [0.15, 0.2) is 48.5 Å². The lowest BCUT2D eigenvalue weighted by Crippen LogP contribution is -2.22. The summed E-state index contributed by atoms with van der Waals surface area (Å²) in [5.74, 6) is 1.64. The lowest BCUT2D eigenvalue weighted by atomic mass is 10.3. The van der Waals surface area contributed by atoms with Crippen molar-refractivity contribution >= 4 is 17.3 Å². The van der Waals surface area contributed by atoms with Crippen LogP contribution in [0, 0.1) is 0 Å². The van der Waals surface area contributed by atoms with Crippen LogP contribution in [0.4, 0.5) is 17.3 Å². The fraction of sp³-hybridized carbons (Fsp3) is 0.0833. The first-order valence-corrected chi connectivity index (χ1v) is 4.84. The third kappa shape index (κ3) is 2.07. The molecule has 0 radical (unpaired) electrons. The van der Waals surface area contributed by atoms with Crippen molar-refractivity contribution in [2.24, 2.45) is 0 Å². The van der Waals surface area contributed by atoms with Gasteiger partial charge in [0, 0.05) is 12.1 Å². The Morgan fingerprint density at radius 3 is 2.40 bits per heavy atom. The van der Waals surface area contributed by atoms with Crippen LogP contribution in [-0.2, 0) is 0 Å². The Kier molecular flexibility index (Phi) is 2.54. The van der Waals surface area contributed by atoms with E-state index < -0.39 is 0 Å². The lowest BCUT2D eigenvalue weighted by molar-refractivity contribution is -0.345. The van der Waals surface area contributed by atoms with Gasteiger partial charge in [0.2, 0.25) is 11.6 Å². The molecule has 76 valence electrons. The number of nitrogens with two attached hydrogens (primary N) is 1. The van der Waals surface area contributed by atoms with E-state index in [-0.39, 0.29) is 0 Å². The first-order valence-electron chi connectivity index (χ1n) is 4.84. The van der Waals surface area contributed by atoms with Crippen molar-refractivity contribution in [3.05, 3.63) is 48.5 Å². The molecule has 0 saturated carbocycles. The Morgan fingerprint density at radius 2 is 1.73 bits per heavy atom. The number of para-hydroxylation sites is 1. The molecule has 0 saturated heterocycles. The number of nitrogens with zero attached hydrogens (tertiary/aromatic N) is 1. The molecule has 3 nitrogen and oxygen atoms in total. The van der Waals surface area contributed by atoms with E-state index in [2.05, 4.69) is 22.0 Å². The predicted molar refractivity (Wildman–Crippen MR) is 61.9 cm³/mol. The molecule has 0 bridgehead atoms. The number of pyridine rings is 1. The Hall–Kier alpha value is -2.03. The van der Waals surface area contributed by atoms with Crippen LogP contribution in [0.5, 0.6) is 0 Å². The van der Waals surface area contributed by atoms with Gasteiger partial charge in [-0.3, -0.25) is 4.90 Å². The van der Waals surface area contributed by atoms with Gasteiger partial charge in [0.1, 0.15) is 0 Å². The van der Waals surface area contributed by atoms with E-state index >= 15 is 0 Å². The molecule has 3 N–H and O–H groups in total. The van der Waals surface area contributed by atoms with E-state index in [4.69, 9.17) is 5.73 Å². The monoisotopic (exact) mass is 200 g/mol. The average molecular weight is 200 g/mol. The van der Waals surface area contributed by atoms with Crippen molar-refractivity contribution < 1.29 is 4.98 Å². The van der Waals surface area contributed by atoms with Gasteiger partial charge in [-0.2, -0.15) is 0 Å². The van der Waals surface area contributed by atoms with Crippen molar-refractivity contribution in [1.29, 1.82) is 0 Å². The average Bonchev–Trinajstić information content (AvgIpc) is 2.29. The molecule has 0 aliphatic carbocycles. The molecule has 0 fully saturated rings. The van der Waals surface area contributed by atoms with Gasteiger partial charge in [0.15, 0.2) is 0 Å². The second kappa shape index (κ2) is 4.00. The summed E-state index contributed by atoms with van der Waals surface area (Å²) in [5.41, 5.74) is 6.82. The van der Waals surface area contributed by atoms with Crippen LogP contribution in [0.3, 0.4) is 0 Å². The summed E-state index contributed by atoms with van der Waals surface area (Å²) in [4.78, 5) is 5.16. The van der Waals surface area contributed by atoms with Crippen LogP contribution >= 0.6 is 0 Å². The molecular weight excluding hydrogens is 186 g/mol. The first-order chi connectivity index (χ1) is 7.27. The molecule has 2 rings (SSSR count). The van der Waals surface area contributed by atoms with Crippen molar-refractivity contribution in [2.75, 3.05) is 17.7 Å². The number of hydrogen-bond acceptors (Lipinski definition) is 2. The summed E-state index contributed by atoms with van der Waals surface area (Å²) in [6, 6.07) is 15.9. The molecule has 0 spiro atoms. The van der Waals surface area contributed by atoms with Gasteiger partial charge in [0.25, 0.3) is 0 Å². The number of hydrogen-bond donors (Lipinski definition) is 1. The highest BCUT2D eigenvalue weighted by molar-refractivity contribution is 5.56. The minimum atomic E-state index is 0.662. The normalized spacial score (nSPS) is 9.93. The molecule has 1 aromatic heterocycles. The fourth-order valence-corrected chi connectivity index (χ4v) is 1.46. The smallest absolute Gasteiger partial charge is 0.226 e. The number of aromatic nitrogens is 1. The van der Waals surface area contributed by atoms with Gasteiger partial charge in [-0.15, -0.1) is 0 Å². The van der Waals surface area contributed by atoms with Gasteiger partial charge in [-0.25, -0.2) is 4.98 Å². The largest absolute Gasteiger partial charge is 0.319 e. The highest BCUT2D eigenvalue weighted by Crippen LogP contribution is 2.18. The number of H-pyrrole nitrogens is 1. The first kappa shape index (κ1) is 9.52. The summed E-state index contributed by atoms with van der Waals surface area (Å²) < 4.78 is 0. The van der Waals surface area contributed by atoms with E-state index in [9.17, 15) is 0 Å². The van der Waals surface area contributed by atoms with E-state index in [1.807, 2.05) is 43.4 Å². The number of nitrogens with one attached hydrogen (secondary N) is 1. The van der Waals surface area contributed by atoms with Crippen LogP contribution < -0.4 is 15.6 Å². The number of rotatable bonds is 2. The molecule has 15 heavy (non-hydrogen) atoms. The molecule has 0 aliphatic rings. The van der Waals surface area contributed by atoms with E-state index in [1.165, 1.54) is 0 Å². The number of nitrogen functional groups attached to an aromatic ring is 1. The van der Waals surface area contributed by atoms with Gasteiger partial charge >= 0.3 is 0 Å². The highest BCUT2D eigenvalue weighted by Gasteiger charge is 2.09. The molecule has 1 heterocycles. The van der Waals surface area contributed by atoms with E-state index in [0.717, 1.165) is 11.5 Å². The summed E-state index contributed by atoms with van der Waals surface area (Å²) >= 11 is 0. The van der Waals surface area contributed by atoms with Gasteiger partial charge < -0.3 is 5.73 Å². The molecule has 0 unspecified atom stereocenters. The minimum Gasteiger partial charge on any atom is -0.319 e. The highest BCUT2D eigenvalue weighted by atomic mass is 15.2. The van der Waals surface area contributed by atoms with Gasteiger partial charge in [-0.1, -0.05) is 18.2 Å². The van der Waals surface area contributed by atoms with E-state index in [1.54, 1.807) is 0 Å². The second-order valence-corrected chi connectivity index (χ2v) is 3.39. The topological polar surface area (TPSA) is 43.4 Å². The maximum Gasteiger partial charge on any atom is 0.226 e. The SMILES string of the molecule is CN(c1ccccc1)c1cccc(N)[nH+]1. The zero-order valence-electron chi connectivity index (χ0n) is 8.64. The number of benzene rings is 1. The number of aromatic amines is 1. The van der Waals surface area contributed by atoms with Crippen LogP contribution in [0.2, 0.25) is 0 Å². The summed E-state index contributed by atoms with van der Waals surface area (Å²) in [5, 5.41) is 0. The van der Waals surface area contributed by atoms with Crippen molar-refractivity contribution in [3.8, 4) is 0 Å². The van der Waals surface area contributed by atoms with Gasteiger partial charge in [0.05, 0.1) is 12.7 Å². The van der Waals surface area contributed by atoms with Crippen molar-refractivity contribution in [3.63, 3.8) is 0 Å². The fourth-order valence-electron chi connectivity index (χ4n) is 1.46. The standard InChI is InChI=1S/C12H13N3/c1-15(10-6-3-2-4-7-10)12-9-5-8-11(13)14-12/h2-9H,1H3,(H2,13,14)/p+1. The molecule has 3 heteroatoms. The summed E-state index contributed by atoms with van der Waals surface area (Å²) in [7, 11) is 2.00. The Labute approximate surface area is 89.2 Å². The lowest BCUT2D eigenvalue weighted by Gasteiger charge is -2.12. The molecule has 0 aliphatic heterocycles. The summed E-state index contributed by atoms with van der Waals surface area (Å²) in [6.45, 7) is 0. The van der Waals surface area contributed by atoms with Crippen LogP contribution in [0.25, 0.3) is 0 Å². The molecule has 2 aromatic rings. The Bertz CT molecular complexity index is 440. The maximum atomic E-state index is 5.69. The molecule has 0 atom stereocenters. The van der Waals surface area contributed by atoms with Crippen molar-refractivity contribution in [1.82, 2.24) is 0 Å². The van der Waals surface area contributed by atoms with Crippen LogP contribution in [-0.4, -0.2) is 7.05 Å². The molecule has 0 amide bonds. The third-order valence-electron chi connectivity index (χ3n) is 2.31. The molecule has 1 aromatic carbocycles.